The molecule has 0 bridgehead atoms. The van der Waals surface area contributed by atoms with Crippen molar-refractivity contribution < 1.29 is 4.79 Å². The van der Waals surface area contributed by atoms with Gasteiger partial charge in [-0.05, 0) is 11.6 Å². The van der Waals surface area contributed by atoms with Gasteiger partial charge in [-0.3, -0.25) is 5.43 Å². The van der Waals surface area contributed by atoms with Crippen molar-refractivity contribution in [3.8, 4) is 0 Å². The van der Waals surface area contributed by atoms with E-state index in [-0.39, 0.29) is 11.4 Å². The number of carbonyl (C=O) groups is 1. The van der Waals surface area contributed by atoms with E-state index in [2.05, 4.69) is 10.3 Å². The lowest BCUT2D eigenvalue weighted by Crippen LogP contribution is -2.44. The number of urea groups is 1. The molecule has 1 aromatic rings. The molecule has 2 amide bonds. The summed E-state index contributed by atoms with van der Waals surface area (Å²) in [6, 6.07) is 1.62. The predicted octanol–water partition coefficient (Wildman–Crippen LogP) is 0.465. The molecule has 0 saturated carbocycles. The largest absolute Gasteiger partial charge is 0.367 e. The number of aromatic amines is 1. The Hall–Kier alpha value is -1.49. The molecule has 0 aliphatic carbocycles. The number of hydrazine groups is 1. The van der Waals surface area contributed by atoms with E-state index < -0.39 is 0 Å². The third-order valence-electron chi connectivity index (χ3n) is 2.20. The van der Waals surface area contributed by atoms with Crippen molar-refractivity contribution in [1.82, 2.24) is 15.7 Å². The Morgan fingerprint density at radius 3 is 2.86 bits per heavy atom. The van der Waals surface area contributed by atoms with Crippen LogP contribution >= 0.6 is 0 Å². The van der Waals surface area contributed by atoms with Crippen LogP contribution in [0.25, 0.3) is 0 Å². The van der Waals surface area contributed by atoms with Crippen molar-refractivity contribution in [3.05, 3.63) is 24.0 Å². The van der Waals surface area contributed by atoms with Crippen LogP contribution in [-0.2, 0) is 5.41 Å². The maximum atomic E-state index is 10.9. The first-order chi connectivity index (χ1) is 6.56. The molecular weight excluding hydrogens is 180 g/mol. The van der Waals surface area contributed by atoms with E-state index in [9.17, 15) is 4.79 Å². The van der Waals surface area contributed by atoms with E-state index in [1.54, 1.807) is 0 Å². The van der Waals surface area contributed by atoms with Gasteiger partial charge in [-0.25, -0.2) is 10.6 Å². The summed E-state index contributed by atoms with van der Waals surface area (Å²) in [5.74, 6) is 4.95. The standard InChI is InChI=1S/C9H16N4O/c1-9(2,6-12-8(14)13-10)7-3-4-11-5-7/h3-5,11H,6,10H2,1-2H3,(H2,12,13,14). The molecule has 14 heavy (non-hydrogen) atoms. The first-order valence-corrected chi connectivity index (χ1v) is 4.44. The molecule has 5 heteroatoms. The van der Waals surface area contributed by atoms with E-state index in [1.165, 1.54) is 0 Å². The number of nitrogens with two attached hydrogens (primary N) is 1. The molecule has 1 heterocycles. The summed E-state index contributed by atoms with van der Waals surface area (Å²) in [7, 11) is 0. The number of hydrogen-bond acceptors (Lipinski definition) is 2. The van der Waals surface area contributed by atoms with Gasteiger partial charge in [0.1, 0.15) is 0 Å². The van der Waals surface area contributed by atoms with E-state index in [0.717, 1.165) is 5.56 Å². The molecular formula is C9H16N4O. The number of aromatic nitrogens is 1. The maximum absolute atomic E-state index is 10.9. The minimum absolute atomic E-state index is 0.105. The van der Waals surface area contributed by atoms with Crippen molar-refractivity contribution in [1.29, 1.82) is 0 Å². The number of carbonyl (C=O) groups excluding carboxylic acids is 1. The Bertz CT molecular complexity index is 292. The summed E-state index contributed by atoms with van der Waals surface area (Å²) in [4.78, 5) is 13.9. The fourth-order valence-electron chi connectivity index (χ4n) is 1.20. The van der Waals surface area contributed by atoms with Gasteiger partial charge < -0.3 is 10.3 Å². The Morgan fingerprint density at radius 2 is 2.36 bits per heavy atom. The Labute approximate surface area is 83.0 Å². The average molecular weight is 196 g/mol. The monoisotopic (exact) mass is 196 g/mol. The molecule has 78 valence electrons. The fourth-order valence-corrected chi connectivity index (χ4v) is 1.20. The molecule has 0 aliphatic heterocycles. The Kier molecular flexibility index (Phi) is 3.14. The van der Waals surface area contributed by atoms with Crippen LogP contribution in [0.5, 0.6) is 0 Å². The summed E-state index contributed by atoms with van der Waals surface area (Å²) < 4.78 is 0. The van der Waals surface area contributed by atoms with Crippen molar-refractivity contribution in [3.63, 3.8) is 0 Å². The molecule has 0 aliphatic rings. The lowest BCUT2D eigenvalue weighted by atomic mass is 9.86. The Morgan fingerprint density at radius 1 is 1.64 bits per heavy atom. The van der Waals surface area contributed by atoms with Crippen LogP contribution in [0.4, 0.5) is 4.79 Å². The van der Waals surface area contributed by atoms with Crippen molar-refractivity contribution in [2.45, 2.75) is 19.3 Å². The highest BCUT2D eigenvalue weighted by atomic mass is 16.2. The SMILES string of the molecule is CC(C)(CNC(=O)NN)c1cc[nH]c1. The van der Waals surface area contributed by atoms with Crippen LogP contribution in [0.2, 0.25) is 0 Å². The summed E-state index contributed by atoms with van der Waals surface area (Å²) in [5.41, 5.74) is 3.07. The van der Waals surface area contributed by atoms with Gasteiger partial charge in [-0.1, -0.05) is 13.8 Å². The van der Waals surface area contributed by atoms with Crippen LogP contribution in [-0.4, -0.2) is 17.6 Å². The second kappa shape index (κ2) is 4.15. The smallest absolute Gasteiger partial charge is 0.328 e. The molecule has 5 nitrogen and oxygen atoms in total. The third kappa shape index (κ3) is 2.50. The molecule has 5 N–H and O–H groups in total. The van der Waals surface area contributed by atoms with Gasteiger partial charge in [0.2, 0.25) is 0 Å². The molecule has 0 fully saturated rings. The second-order valence-electron chi connectivity index (χ2n) is 3.81. The summed E-state index contributed by atoms with van der Waals surface area (Å²) in [5, 5.41) is 2.67. The summed E-state index contributed by atoms with van der Waals surface area (Å²) in [6.07, 6.45) is 3.78. The molecule has 0 spiro atoms. The number of H-pyrrole nitrogens is 1. The molecule has 0 aromatic carbocycles. The zero-order valence-corrected chi connectivity index (χ0v) is 8.42. The minimum Gasteiger partial charge on any atom is -0.367 e. The maximum Gasteiger partial charge on any atom is 0.328 e. The van der Waals surface area contributed by atoms with Crippen LogP contribution in [0, 0.1) is 0 Å². The highest BCUT2D eigenvalue weighted by Crippen LogP contribution is 2.21. The summed E-state index contributed by atoms with van der Waals surface area (Å²) in [6.45, 7) is 4.63. The predicted molar refractivity (Wildman–Crippen MR) is 54.5 cm³/mol. The van der Waals surface area contributed by atoms with E-state index in [1.807, 2.05) is 37.7 Å². The van der Waals surface area contributed by atoms with E-state index in [4.69, 9.17) is 5.84 Å². The van der Waals surface area contributed by atoms with Crippen molar-refractivity contribution in [2.24, 2.45) is 5.84 Å². The van der Waals surface area contributed by atoms with E-state index >= 15 is 0 Å². The van der Waals surface area contributed by atoms with Gasteiger partial charge >= 0.3 is 6.03 Å². The number of amides is 2. The molecule has 0 atom stereocenters. The zero-order chi connectivity index (χ0) is 10.6. The van der Waals surface area contributed by atoms with Crippen LogP contribution < -0.4 is 16.6 Å². The number of rotatable bonds is 3. The molecule has 0 saturated heterocycles. The quantitative estimate of drug-likeness (QED) is 0.322. The average Bonchev–Trinajstić information content (AvgIpc) is 2.67. The zero-order valence-electron chi connectivity index (χ0n) is 8.42. The first-order valence-electron chi connectivity index (χ1n) is 4.44. The lowest BCUT2D eigenvalue weighted by Gasteiger charge is -2.23. The van der Waals surface area contributed by atoms with Crippen LogP contribution in [0.15, 0.2) is 18.5 Å². The van der Waals surface area contributed by atoms with Crippen molar-refractivity contribution >= 4 is 6.03 Å². The van der Waals surface area contributed by atoms with Gasteiger partial charge in [-0.2, -0.15) is 0 Å². The molecule has 0 unspecified atom stereocenters. The highest BCUT2D eigenvalue weighted by Gasteiger charge is 2.21. The van der Waals surface area contributed by atoms with E-state index in [0.29, 0.717) is 6.54 Å². The van der Waals surface area contributed by atoms with Crippen molar-refractivity contribution in [2.75, 3.05) is 6.54 Å². The number of nitrogens with one attached hydrogen (secondary N) is 3. The van der Waals surface area contributed by atoms with Gasteiger partial charge in [-0.15, -0.1) is 0 Å². The normalized spacial score (nSPS) is 11.1. The summed E-state index contributed by atoms with van der Waals surface area (Å²) >= 11 is 0. The number of hydrogen-bond donors (Lipinski definition) is 4. The molecule has 1 rings (SSSR count). The second-order valence-corrected chi connectivity index (χ2v) is 3.81. The van der Waals surface area contributed by atoms with Crippen LogP contribution in [0.3, 0.4) is 0 Å². The Balaban J connectivity index is 2.54. The topological polar surface area (TPSA) is 82.9 Å². The minimum atomic E-state index is -0.367. The van der Waals surface area contributed by atoms with Gasteiger partial charge in [0.15, 0.2) is 0 Å². The lowest BCUT2D eigenvalue weighted by molar-refractivity contribution is 0.238. The molecule has 1 aromatic heterocycles. The highest BCUT2D eigenvalue weighted by molar-refractivity contribution is 5.73. The fraction of sp³-hybridized carbons (Fsp3) is 0.444. The van der Waals surface area contributed by atoms with Gasteiger partial charge in [0, 0.05) is 24.4 Å². The first kappa shape index (κ1) is 10.6. The van der Waals surface area contributed by atoms with Gasteiger partial charge in [0.05, 0.1) is 0 Å². The molecule has 0 radical (unpaired) electrons. The third-order valence-corrected chi connectivity index (χ3v) is 2.20. The van der Waals surface area contributed by atoms with Crippen LogP contribution in [0.1, 0.15) is 19.4 Å². The van der Waals surface area contributed by atoms with Gasteiger partial charge in [0.25, 0.3) is 0 Å².